The molecular formula is C10H19F3N2O2S. The predicted octanol–water partition coefficient (Wildman–Crippen LogP) is 1.20. The van der Waals surface area contributed by atoms with Crippen LogP contribution >= 0.6 is 0 Å². The van der Waals surface area contributed by atoms with Gasteiger partial charge in [0.05, 0.1) is 12.2 Å². The summed E-state index contributed by atoms with van der Waals surface area (Å²) < 4.78 is 60.6. The van der Waals surface area contributed by atoms with E-state index in [0.29, 0.717) is 6.54 Å². The molecule has 0 aromatic heterocycles. The van der Waals surface area contributed by atoms with Crippen molar-refractivity contribution in [2.45, 2.75) is 25.4 Å². The molecule has 1 saturated heterocycles. The Labute approximate surface area is 106 Å². The lowest BCUT2D eigenvalue weighted by Gasteiger charge is -2.25. The number of rotatable bonds is 5. The van der Waals surface area contributed by atoms with Crippen molar-refractivity contribution in [1.29, 1.82) is 0 Å². The number of sulfonamides is 1. The second-order valence-electron chi connectivity index (χ2n) is 4.68. The van der Waals surface area contributed by atoms with Crippen LogP contribution in [-0.2, 0) is 10.0 Å². The lowest BCUT2D eigenvalue weighted by molar-refractivity contribution is -0.135. The zero-order chi connectivity index (χ0) is 13.8. The molecule has 0 aromatic carbocycles. The van der Waals surface area contributed by atoms with Gasteiger partial charge >= 0.3 is 6.18 Å². The van der Waals surface area contributed by atoms with Gasteiger partial charge in [0.25, 0.3) is 0 Å². The standard InChI is InChI=1S/C10H19F3N2O2S/c1-15(6-4-10(11,12)13)18(16,17)8-9-3-2-5-14-7-9/h9,14H,2-8H2,1H3. The van der Waals surface area contributed by atoms with Crippen LogP contribution in [-0.4, -0.2) is 51.3 Å². The third-order valence-electron chi connectivity index (χ3n) is 3.03. The van der Waals surface area contributed by atoms with Crippen molar-refractivity contribution >= 4 is 10.0 Å². The Morgan fingerprint density at radius 1 is 1.39 bits per heavy atom. The van der Waals surface area contributed by atoms with Gasteiger partial charge in [-0.25, -0.2) is 12.7 Å². The van der Waals surface area contributed by atoms with E-state index >= 15 is 0 Å². The molecule has 0 aliphatic carbocycles. The molecule has 1 atom stereocenters. The molecule has 1 fully saturated rings. The fourth-order valence-electron chi connectivity index (χ4n) is 1.91. The minimum atomic E-state index is -4.32. The molecule has 1 aliphatic heterocycles. The summed E-state index contributed by atoms with van der Waals surface area (Å²) in [6.45, 7) is 0.985. The zero-order valence-electron chi connectivity index (χ0n) is 10.3. The third kappa shape index (κ3) is 5.53. The van der Waals surface area contributed by atoms with Crippen LogP contribution in [0, 0.1) is 5.92 Å². The highest BCUT2D eigenvalue weighted by Crippen LogP contribution is 2.21. The topological polar surface area (TPSA) is 49.4 Å². The molecule has 1 aliphatic rings. The van der Waals surface area contributed by atoms with Crippen LogP contribution in [0.4, 0.5) is 13.2 Å². The average Bonchev–Trinajstić information content (AvgIpc) is 2.25. The first-order chi connectivity index (χ1) is 8.21. The third-order valence-corrected chi connectivity index (χ3v) is 5.06. The summed E-state index contributed by atoms with van der Waals surface area (Å²) in [5.41, 5.74) is 0. The van der Waals surface area contributed by atoms with Crippen molar-refractivity contribution in [2.75, 3.05) is 32.4 Å². The fourth-order valence-corrected chi connectivity index (χ4v) is 3.42. The molecule has 0 bridgehead atoms. The van der Waals surface area contributed by atoms with Gasteiger partial charge in [0.1, 0.15) is 0 Å². The Hall–Kier alpha value is -0.340. The van der Waals surface area contributed by atoms with Crippen LogP contribution in [0.2, 0.25) is 0 Å². The van der Waals surface area contributed by atoms with Crippen LogP contribution in [0.3, 0.4) is 0 Å². The Morgan fingerprint density at radius 3 is 2.56 bits per heavy atom. The van der Waals surface area contributed by atoms with E-state index in [2.05, 4.69) is 5.32 Å². The first kappa shape index (κ1) is 15.7. The van der Waals surface area contributed by atoms with Gasteiger partial charge in [0.15, 0.2) is 0 Å². The first-order valence-corrected chi connectivity index (χ1v) is 7.53. The molecule has 18 heavy (non-hydrogen) atoms. The van der Waals surface area contributed by atoms with Crippen molar-refractivity contribution in [2.24, 2.45) is 5.92 Å². The molecule has 108 valence electrons. The van der Waals surface area contributed by atoms with E-state index in [1.165, 1.54) is 7.05 Å². The molecule has 0 saturated carbocycles. The lowest BCUT2D eigenvalue weighted by atomic mass is 10.0. The Kier molecular flexibility index (Phi) is 5.42. The predicted molar refractivity (Wildman–Crippen MR) is 62.7 cm³/mol. The quantitative estimate of drug-likeness (QED) is 0.827. The smallest absolute Gasteiger partial charge is 0.316 e. The van der Waals surface area contributed by atoms with Crippen LogP contribution in [0.5, 0.6) is 0 Å². The van der Waals surface area contributed by atoms with Crippen LogP contribution in [0.25, 0.3) is 0 Å². The van der Waals surface area contributed by atoms with Crippen LogP contribution < -0.4 is 5.32 Å². The van der Waals surface area contributed by atoms with Crippen molar-refractivity contribution in [3.63, 3.8) is 0 Å². The van der Waals surface area contributed by atoms with Crippen molar-refractivity contribution in [1.82, 2.24) is 9.62 Å². The van der Waals surface area contributed by atoms with Gasteiger partial charge in [-0.1, -0.05) is 0 Å². The highest BCUT2D eigenvalue weighted by Gasteiger charge is 2.31. The van der Waals surface area contributed by atoms with E-state index in [4.69, 9.17) is 0 Å². The van der Waals surface area contributed by atoms with Gasteiger partial charge in [-0.3, -0.25) is 0 Å². The maximum absolute atomic E-state index is 12.0. The minimum Gasteiger partial charge on any atom is -0.316 e. The van der Waals surface area contributed by atoms with Gasteiger partial charge in [-0.15, -0.1) is 0 Å². The highest BCUT2D eigenvalue weighted by atomic mass is 32.2. The summed E-state index contributed by atoms with van der Waals surface area (Å²) in [5.74, 6) is -0.0777. The monoisotopic (exact) mass is 288 g/mol. The molecule has 8 heteroatoms. The zero-order valence-corrected chi connectivity index (χ0v) is 11.1. The summed E-state index contributed by atoms with van der Waals surface area (Å²) in [7, 11) is -2.38. The number of alkyl halides is 3. The Bertz CT molecular complexity index is 351. The molecule has 4 nitrogen and oxygen atoms in total. The maximum Gasteiger partial charge on any atom is 0.390 e. The number of halogens is 3. The van der Waals surface area contributed by atoms with Gasteiger partial charge in [0, 0.05) is 13.6 Å². The number of nitrogens with one attached hydrogen (secondary N) is 1. The van der Waals surface area contributed by atoms with Gasteiger partial charge in [-0.2, -0.15) is 13.2 Å². The molecule has 0 spiro atoms. The van der Waals surface area contributed by atoms with E-state index < -0.39 is 29.2 Å². The summed E-state index contributed by atoms with van der Waals surface area (Å²) in [4.78, 5) is 0. The Morgan fingerprint density at radius 2 is 2.06 bits per heavy atom. The molecule has 1 heterocycles. The molecule has 0 aromatic rings. The van der Waals surface area contributed by atoms with E-state index in [0.717, 1.165) is 23.7 Å². The van der Waals surface area contributed by atoms with Gasteiger partial charge < -0.3 is 5.32 Å². The number of hydrogen-bond donors (Lipinski definition) is 1. The van der Waals surface area contributed by atoms with E-state index in [-0.39, 0.29) is 11.7 Å². The second-order valence-corrected chi connectivity index (χ2v) is 6.80. The minimum absolute atomic E-state index is 0.00270. The molecule has 0 amide bonds. The van der Waals surface area contributed by atoms with E-state index in [1.54, 1.807) is 0 Å². The van der Waals surface area contributed by atoms with Crippen LogP contribution in [0.1, 0.15) is 19.3 Å². The summed E-state index contributed by atoms with van der Waals surface area (Å²) in [6.07, 6.45) is -3.71. The highest BCUT2D eigenvalue weighted by molar-refractivity contribution is 7.89. The van der Waals surface area contributed by atoms with Crippen molar-refractivity contribution in [3.8, 4) is 0 Å². The summed E-state index contributed by atoms with van der Waals surface area (Å²) in [6, 6.07) is 0. The molecule has 1 unspecified atom stereocenters. The van der Waals surface area contributed by atoms with E-state index in [1.807, 2.05) is 0 Å². The average molecular weight is 288 g/mol. The van der Waals surface area contributed by atoms with Gasteiger partial charge in [0.2, 0.25) is 10.0 Å². The molecular weight excluding hydrogens is 269 g/mol. The molecule has 0 radical (unpaired) electrons. The van der Waals surface area contributed by atoms with Crippen molar-refractivity contribution in [3.05, 3.63) is 0 Å². The molecule has 1 N–H and O–H groups in total. The van der Waals surface area contributed by atoms with Crippen molar-refractivity contribution < 1.29 is 21.6 Å². The number of nitrogens with zero attached hydrogens (tertiary/aromatic N) is 1. The normalized spacial score (nSPS) is 22.4. The Balaban J connectivity index is 2.46. The SMILES string of the molecule is CN(CCC(F)(F)F)S(=O)(=O)CC1CCCNC1. The maximum atomic E-state index is 12.0. The summed E-state index contributed by atoms with van der Waals surface area (Å²) in [5, 5.41) is 3.09. The largest absolute Gasteiger partial charge is 0.390 e. The molecule has 1 rings (SSSR count). The second kappa shape index (κ2) is 6.21. The van der Waals surface area contributed by atoms with E-state index in [9.17, 15) is 21.6 Å². The summed E-state index contributed by atoms with van der Waals surface area (Å²) >= 11 is 0. The fraction of sp³-hybridized carbons (Fsp3) is 1.00. The van der Waals surface area contributed by atoms with Crippen LogP contribution in [0.15, 0.2) is 0 Å². The lowest BCUT2D eigenvalue weighted by Crippen LogP contribution is -2.39. The number of hydrogen-bond acceptors (Lipinski definition) is 3. The van der Waals surface area contributed by atoms with Gasteiger partial charge in [-0.05, 0) is 31.8 Å². The number of piperidine rings is 1. The first-order valence-electron chi connectivity index (χ1n) is 5.92.